The number of thiazole rings is 1. The van der Waals surface area contributed by atoms with Gasteiger partial charge in [-0.15, -0.1) is 11.3 Å². The Morgan fingerprint density at radius 3 is 2.26 bits per heavy atom. The molecule has 0 aliphatic carbocycles. The fourth-order valence-corrected chi connectivity index (χ4v) is 4.78. The first kappa shape index (κ1) is 25.8. The Kier molecular flexibility index (Phi) is 9.15. The summed E-state index contributed by atoms with van der Waals surface area (Å²) < 4.78 is 15.6. The summed E-state index contributed by atoms with van der Waals surface area (Å²) in [5.41, 5.74) is 1.57. The van der Waals surface area contributed by atoms with Gasteiger partial charge in [-0.05, 0) is 30.5 Å². The number of nitrogens with zero attached hydrogens (tertiary/aromatic N) is 2. The largest absolute Gasteiger partial charge is 0.495 e. The fraction of sp³-hybridized carbons (Fsp3) is 0.292. The molecule has 0 spiro atoms. The number of methoxy groups -OCH3 is 3. The molecule has 7 nitrogen and oxygen atoms in total. The zero-order valence-electron chi connectivity index (χ0n) is 19.0. The van der Waals surface area contributed by atoms with Crippen molar-refractivity contribution < 1.29 is 23.8 Å². The van der Waals surface area contributed by atoms with Crippen molar-refractivity contribution in [2.45, 2.75) is 19.4 Å². The molecule has 0 saturated heterocycles. The van der Waals surface area contributed by atoms with Crippen molar-refractivity contribution in [2.75, 3.05) is 27.9 Å². The smallest absolute Gasteiger partial charge is 0.359 e. The summed E-state index contributed by atoms with van der Waals surface area (Å²) in [6.45, 7) is 0.619. The van der Waals surface area contributed by atoms with Gasteiger partial charge in [-0.2, -0.15) is 0 Å². The van der Waals surface area contributed by atoms with Crippen LogP contribution in [0.25, 0.3) is 0 Å². The van der Waals surface area contributed by atoms with Gasteiger partial charge in [0.05, 0.1) is 27.9 Å². The Hall–Kier alpha value is -2.81. The second-order valence-corrected chi connectivity index (χ2v) is 9.30. The van der Waals surface area contributed by atoms with Crippen molar-refractivity contribution in [1.82, 2.24) is 9.88 Å². The van der Waals surface area contributed by atoms with Crippen molar-refractivity contribution in [3.05, 3.63) is 73.7 Å². The second kappa shape index (κ2) is 12.1. The van der Waals surface area contributed by atoms with Gasteiger partial charge in [-0.3, -0.25) is 4.79 Å². The van der Waals surface area contributed by atoms with E-state index in [1.165, 1.54) is 26.9 Å². The SMILES string of the molecule is COC(=O)c1nc(CN(CCCc2ccccc2)C(=O)c2cc(OC)c(Cl)c(OC)c2)sc1Cl. The van der Waals surface area contributed by atoms with E-state index in [0.717, 1.165) is 24.2 Å². The summed E-state index contributed by atoms with van der Waals surface area (Å²) in [6.07, 6.45) is 1.52. The predicted molar refractivity (Wildman–Crippen MR) is 133 cm³/mol. The van der Waals surface area contributed by atoms with E-state index in [1.54, 1.807) is 17.0 Å². The lowest BCUT2D eigenvalue weighted by Gasteiger charge is -2.23. The maximum atomic E-state index is 13.5. The minimum absolute atomic E-state index is 0.0377. The van der Waals surface area contributed by atoms with Crippen LogP contribution in [0.5, 0.6) is 11.5 Å². The number of halogens is 2. The summed E-state index contributed by atoms with van der Waals surface area (Å²) in [7, 11) is 4.20. The molecule has 0 aliphatic heterocycles. The standard InChI is InChI=1S/C24H24Cl2N2O5S/c1-31-17-12-16(13-18(32-2)20(17)25)23(29)28(11-7-10-15-8-5-4-6-9-15)14-19-27-21(22(26)34-19)24(30)33-3/h4-6,8-9,12-13H,7,10-11,14H2,1-3H3. The number of carbonyl (C=O) groups excluding carboxylic acids is 2. The number of hydrogen-bond donors (Lipinski definition) is 0. The lowest BCUT2D eigenvalue weighted by Crippen LogP contribution is -2.32. The topological polar surface area (TPSA) is 78.0 Å². The molecule has 0 saturated carbocycles. The van der Waals surface area contributed by atoms with Crippen molar-refractivity contribution >= 4 is 46.4 Å². The van der Waals surface area contributed by atoms with Crippen molar-refractivity contribution in [3.8, 4) is 11.5 Å². The first-order chi connectivity index (χ1) is 16.4. The van der Waals surface area contributed by atoms with Gasteiger partial charge < -0.3 is 19.1 Å². The molecule has 0 fully saturated rings. The van der Waals surface area contributed by atoms with E-state index in [-0.39, 0.29) is 27.5 Å². The Morgan fingerprint density at radius 2 is 1.68 bits per heavy atom. The van der Waals surface area contributed by atoms with Crippen LogP contribution in [0.2, 0.25) is 9.36 Å². The van der Waals surface area contributed by atoms with Crippen LogP contribution < -0.4 is 9.47 Å². The zero-order chi connectivity index (χ0) is 24.7. The minimum atomic E-state index is -0.623. The van der Waals surface area contributed by atoms with Gasteiger partial charge in [-0.25, -0.2) is 9.78 Å². The van der Waals surface area contributed by atoms with E-state index in [0.29, 0.717) is 28.6 Å². The molecular weight excluding hydrogens is 499 g/mol. The van der Waals surface area contributed by atoms with Gasteiger partial charge in [0, 0.05) is 12.1 Å². The number of esters is 1. The van der Waals surface area contributed by atoms with Crippen LogP contribution in [-0.4, -0.2) is 49.6 Å². The van der Waals surface area contributed by atoms with Crippen molar-refractivity contribution in [2.24, 2.45) is 0 Å². The summed E-state index contributed by atoms with van der Waals surface area (Å²) >= 11 is 13.6. The highest BCUT2D eigenvalue weighted by molar-refractivity contribution is 7.16. The Balaban J connectivity index is 1.88. The average molecular weight is 523 g/mol. The van der Waals surface area contributed by atoms with Crippen LogP contribution in [-0.2, 0) is 17.7 Å². The lowest BCUT2D eigenvalue weighted by molar-refractivity contribution is 0.0595. The van der Waals surface area contributed by atoms with E-state index < -0.39 is 5.97 Å². The third kappa shape index (κ3) is 6.20. The molecule has 0 N–H and O–H groups in total. The van der Waals surface area contributed by atoms with Crippen LogP contribution in [0.1, 0.15) is 37.8 Å². The molecule has 0 bridgehead atoms. The Labute approximate surface area is 212 Å². The van der Waals surface area contributed by atoms with Crippen LogP contribution >= 0.6 is 34.5 Å². The maximum Gasteiger partial charge on any atom is 0.359 e. The number of hydrogen-bond acceptors (Lipinski definition) is 7. The molecule has 0 unspecified atom stereocenters. The van der Waals surface area contributed by atoms with Crippen LogP contribution in [0, 0.1) is 0 Å². The fourth-order valence-electron chi connectivity index (χ4n) is 3.34. The monoisotopic (exact) mass is 522 g/mol. The van der Waals surface area contributed by atoms with Gasteiger partial charge >= 0.3 is 5.97 Å². The van der Waals surface area contributed by atoms with Gasteiger partial charge in [-0.1, -0.05) is 53.5 Å². The van der Waals surface area contributed by atoms with Gasteiger partial charge in [0.2, 0.25) is 0 Å². The molecule has 1 heterocycles. The van der Waals surface area contributed by atoms with Crippen molar-refractivity contribution in [1.29, 1.82) is 0 Å². The van der Waals surface area contributed by atoms with E-state index in [1.807, 2.05) is 30.3 Å². The highest BCUT2D eigenvalue weighted by atomic mass is 35.5. The molecule has 0 radical (unpaired) electrons. The average Bonchev–Trinajstić information content (AvgIpc) is 3.23. The molecule has 0 atom stereocenters. The molecular formula is C24H24Cl2N2O5S. The first-order valence-electron chi connectivity index (χ1n) is 10.4. The van der Waals surface area contributed by atoms with Gasteiger partial charge in [0.25, 0.3) is 5.91 Å². The third-order valence-corrected chi connectivity index (χ3v) is 6.66. The Bertz CT molecular complexity index is 1130. The molecule has 10 heteroatoms. The van der Waals surface area contributed by atoms with E-state index in [9.17, 15) is 9.59 Å². The van der Waals surface area contributed by atoms with E-state index >= 15 is 0 Å². The lowest BCUT2D eigenvalue weighted by atomic mass is 10.1. The number of benzene rings is 2. The second-order valence-electron chi connectivity index (χ2n) is 7.23. The number of rotatable bonds is 10. The predicted octanol–water partition coefficient (Wildman–Crippen LogP) is 5.53. The van der Waals surface area contributed by atoms with Crippen LogP contribution in [0.3, 0.4) is 0 Å². The number of ether oxygens (including phenoxy) is 3. The van der Waals surface area contributed by atoms with Gasteiger partial charge in [0.15, 0.2) is 5.69 Å². The normalized spacial score (nSPS) is 10.6. The molecule has 2 aromatic carbocycles. The zero-order valence-corrected chi connectivity index (χ0v) is 21.3. The van der Waals surface area contributed by atoms with Crippen molar-refractivity contribution in [3.63, 3.8) is 0 Å². The molecule has 1 aromatic heterocycles. The summed E-state index contributed by atoms with van der Waals surface area (Å²) in [6, 6.07) is 13.2. The van der Waals surface area contributed by atoms with E-state index in [4.69, 9.17) is 37.4 Å². The minimum Gasteiger partial charge on any atom is -0.495 e. The number of carbonyl (C=O) groups is 2. The third-order valence-electron chi connectivity index (χ3n) is 5.05. The molecule has 1 amide bonds. The quantitative estimate of drug-likeness (QED) is 0.326. The maximum absolute atomic E-state index is 13.5. The highest BCUT2D eigenvalue weighted by Crippen LogP contribution is 2.36. The molecule has 3 rings (SSSR count). The Morgan fingerprint density at radius 1 is 1.03 bits per heavy atom. The first-order valence-corrected chi connectivity index (χ1v) is 11.9. The number of amides is 1. The van der Waals surface area contributed by atoms with E-state index in [2.05, 4.69) is 4.98 Å². The van der Waals surface area contributed by atoms with Crippen LogP contribution in [0.15, 0.2) is 42.5 Å². The van der Waals surface area contributed by atoms with Crippen LogP contribution in [0.4, 0.5) is 0 Å². The van der Waals surface area contributed by atoms with Gasteiger partial charge in [0.1, 0.15) is 25.9 Å². The summed E-state index contributed by atoms with van der Waals surface area (Å²) in [5.74, 6) is -0.216. The molecule has 3 aromatic rings. The molecule has 34 heavy (non-hydrogen) atoms. The molecule has 180 valence electrons. The summed E-state index contributed by atoms with van der Waals surface area (Å²) in [4.78, 5) is 31.4. The highest BCUT2D eigenvalue weighted by Gasteiger charge is 2.23. The number of aryl methyl sites for hydroxylation is 1. The number of aromatic nitrogens is 1. The summed E-state index contributed by atoms with van der Waals surface area (Å²) in [5, 5.41) is 0.804. The molecule has 0 aliphatic rings.